The zero-order valence-electron chi connectivity index (χ0n) is 15.8. The number of hydrogen-bond acceptors (Lipinski definition) is 4. The van der Waals surface area contributed by atoms with Crippen LogP contribution in [0.3, 0.4) is 0 Å². The molecular weight excluding hydrogens is 364 g/mol. The Kier molecular flexibility index (Phi) is 5.53. The summed E-state index contributed by atoms with van der Waals surface area (Å²) in [6.07, 6.45) is 0.711. The number of fused-ring (bicyclic) bond motifs is 1. The number of benzene rings is 2. The third kappa shape index (κ3) is 4.14. The monoisotopic (exact) mass is 388 g/mol. The Morgan fingerprint density at radius 3 is 2.52 bits per heavy atom. The molecule has 144 valence electrons. The maximum Gasteiger partial charge on any atom is 0.259 e. The second kappa shape index (κ2) is 7.70. The smallest absolute Gasteiger partial charge is 0.259 e. The summed E-state index contributed by atoms with van der Waals surface area (Å²) in [4.78, 5) is 13.3. The third-order valence-corrected chi connectivity index (χ3v) is 6.57. The van der Waals surface area contributed by atoms with Crippen molar-refractivity contribution in [2.75, 3.05) is 27.2 Å². The molecule has 2 aromatic rings. The fourth-order valence-electron chi connectivity index (χ4n) is 3.04. The van der Waals surface area contributed by atoms with Crippen LogP contribution in [0.2, 0.25) is 0 Å². The van der Waals surface area contributed by atoms with Gasteiger partial charge in [-0.3, -0.25) is 4.79 Å². The summed E-state index contributed by atoms with van der Waals surface area (Å²) < 4.78 is 33.1. The lowest BCUT2D eigenvalue weighted by atomic mass is 10.0. The highest BCUT2D eigenvalue weighted by Crippen LogP contribution is 2.28. The minimum atomic E-state index is -3.59. The van der Waals surface area contributed by atoms with E-state index in [0.29, 0.717) is 30.8 Å². The van der Waals surface area contributed by atoms with Gasteiger partial charge in [0.25, 0.3) is 5.91 Å². The molecule has 0 aromatic heterocycles. The Morgan fingerprint density at radius 2 is 1.85 bits per heavy atom. The van der Waals surface area contributed by atoms with Gasteiger partial charge in [0.2, 0.25) is 10.0 Å². The standard InChI is InChI=1S/C20H24N2O4S/c1-15-12-18(8-9-19(15)26-14-20(23)21(2)3)27(24,25)22-11-10-16-6-4-5-7-17(16)13-22/h4-9,12H,10-11,13-14H2,1-3H3. The van der Waals surface area contributed by atoms with Gasteiger partial charge in [-0.15, -0.1) is 0 Å². The van der Waals surface area contributed by atoms with E-state index >= 15 is 0 Å². The number of nitrogens with zero attached hydrogens (tertiary/aromatic N) is 2. The molecule has 1 heterocycles. The van der Waals surface area contributed by atoms with Crippen LogP contribution in [-0.2, 0) is 27.8 Å². The van der Waals surface area contributed by atoms with E-state index < -0.39 is 10.0 Å². The molecule has 1 aliphatic heterocycles. The highest BCUT2D eigenvalue weighted by Gasteiger charge is 2.28. The van der Waals surface area contributed by atoms with Crippen LogP contribution in [0.25, 0.3) is 0 Å². The number of carbonyl (C=O) groups excluding carboxylic acids is 1. The molecule has 27 heavy (non-hydrogen) atoms. The molecule has 6 nitrogen and oxygen atoms in total. The maximum absolute atomic E-state index is 13.0. The fourth-order valence-corrected chi connectivity index (χ4v) is 4.54. The Labute approximate surface area is 160 Å². The molecule has 0 bridgehead atoms. The Bertz CT molecular complexity index is 954. The van der Waals surface area contributed by atoms with Crippen molar-refractivity contribution in [3.63, 3.8) is 0 Å². The van der Waals surface area contributed by atoms with Crippen LogP contribution in [0.4, 0.5) is 0 Å². The molecule has 0 N–H and O–H groups in total. The van der Waals surface area contributed by atoms with Gasteiger partial charge in [-0.25, -0.2) is 8.42 Å². The topological polar surface area (TPSA) is 66.9 Å². The van der Waals surface area contributed by atoms with Crippen molar-refractivity contribution in [1.29, 1.82) is 0 Å². The number of amides is 1. The number of rotatable bonds is 5. The fraction of sp³-hybridized carbons (Fsp3) is 0.350. The van der Waals surface area contributed by atoms with Gasteiger partial charge in [-0.05, 0) is 48.2 Å². The van der Waals surface area contributed by atoms with Gasteiger partial charge < -0.3 is 9.64 Å². The van der Waals surface area contributed by atoms with E-state index in [1.165, 1.54) is 20.8 Å². The van der Waals surface area contributed by atoms with E-state index in [1.54, 1.807) is 33.2 Å². The quantitative estimate of drug-likeness (QED) is 0.788. The minimum Gasteiger partial charge on any atom is -0.483 e. The van der Waals surface area contributed by atoms with Gasteiger partial charge in [0.1, 0.15) is 5.75 Å². The molecule has 0 fully saturated rings. The van der Waals surface area contributed by atoms with Crippen molar-refractivity contribution in [2.45, 2.75) is 24.8 Å². The molecule has 1 aliphatic rings. The van der Waals surface area contributed by atoms with E-state index in [4.69, 9.17) is 4.74 Å². The number of hydrogen-bond donors (Lipinski definition) is 0. The van der Waals surface area contributed by atoms with Crippen LogP contribution >= 0.6 is 0 Å². The molecule has 3 rings (SSSR count). The Hall–Kier alpha value is -2.38. The summed E-state index contributed by atoms with van der Waals surface area (Å²) in [6, 6.07) is 12.7. The highest BCUT2D eigenvalue weighted by atomic mass is 32.2. The lowest BCUT2D eigenvalue weighted by Crippen LogP contribution is -2.36. The Balaban J connectivity index is 1.78. The first-order chi connectivity index (χ1) is 12.8. The molecule has 0 radical (unpaired) electrons. The van der Waals surface area contributed by atoms with Crippen LogP contribution in [-0.4, -0.2) is 50.8 Å². The molecular formula is C20H24N2O4S. The molecule has 0 aliphatic carbocycles. The van der Waals surface area contributed by atoms with Crippen LogP contribution in [0.5, 0.6) is 5.75 Å². The van der Waals surface area contributed by atoms with Gasteiger partial charge >= 0.3 is 0 Å². The summed E-state index contributed by atoms with van der Waals surface area (Å²) in [7, 11) is -0.271. The number of aryl methyl sites for hydroxylation is 1. The molecule has 0 unspecified atom stereocenters. The van der Waals surface area contributed by atoms with E-state index in [1.807, 2.05) is 24.3 Å². The van der Waals surface area contributed by atoms with Gasteiger partial charge in [0, 0.05) is 27.2 Å². The molecule has 0 saturated carbocycles. The lowest BCUT2D eigenvalue weighted by molar-refractivity contribution is -0.130. The van der Waals surface area contributed by atoms with Crippen LogP contribution in [0.1, 0.15) is 16.7 Å². The second-order valence-electron chi connectivity index (χ2n) is 6.86. The van der Waals surface area contributed by atoms with Gasteiger partial charge in [-0.2, -0.15) is 4.31 Å². The molecule has 0 spiro atoms. The molecule has 0 atom stereocenters. The summed E-state index contributed by atoms with van der Waals surface area (Å²) >= 11 is 0. The third-order valence-electron chi connectivity index (χ3n) is 4.73. The van der Waals surface area contributed by atoms with Crippen LogP contribution in [0, 0.1) is 6.92 Å². The normalized spacial score (nSPS) is 14.5. The first-order valence-electron chi connectivity index (χ1n) is 8.79. The summed E-state index contributed by atoms with van der Waals surface area (Å²) in [5.41, 5.74) is 2.93. The van der Waals surface area contributed by atoms with Gasteiger partial charge in [-0.1, -0.05) is 24.3 Å². The molecule has 7 heteroatoms. The predicted octanol–water partition coefficient (Wildman–Crippen LogP) is 2.21. The van der Waals surface area contributed by atoms with E-state index in [-0.39, 0.29) is 17.4 Å². The van der Waals surface area contributed by atoms with Crippen LogP contribution in [0.15, 0.2) is 47.4 Å². The predicted molar refractivity (Wildman–Crippen MR) is 103 cm³/mol. The van der Waals surface area contributed by atoms with E-state index in [9.17, 15) is 13.2 Å². The molecule has 0 saturated heterocycles. The van der Waals surface area contributed by atoms with Crippen molar-refractivity contribution < 1.29 is 17.9 Å². The maximum atomic E-state index is 13.0. The second-order valence-corrected chi connectivity index (χ2v) is 8.80. The van der Waals surface area contributed by atoms with Crippen molar-refractivity contribution in [1.82, 2.24) is 9.21 Å². The van der Waals surface area contributed by atoms with Crippen LogP contribution < -0.4 is 4.74 Å². The number of carbonyl (C=O) groups is 1. The van der Waals surface area contributed by atoms with Gasteiger partial charge in [0.15, 0.2) is 6.61 Å². The first-order valence-corrected chi connectivity index (χ1v) is 10.2. The lowest BCUT2D eigenvalue weighted by Gasteiger charge is -2.28. The van der Waals surface area contributed by atoms with E-state index in [2.05, 4.69) is 0 Å². The van der Waals surface area contributed by atoms with Crippen molar-refractivity contribution >= 4 is 15.9 Å². The summed E-state index contributed by atoms with van der Waals surface area (Å²) in [5.74, 6) is 0.353. The zero-order valence-corrected chi connectivity index (χ0v) is 16.6. The average Bonchev–Trinajstić information content (AvgIpc) is 2.66. The molecule has 1 amide bonds. The Morgan fingerprint density at radius 1 is 1.15 bits per heavy atom. The number of likely N-dealkylation sites (N-methyl/N-ethyl adjacent to an activating group) is 1. The zero-order chi connectivity index (χ0) is 19.6. The van der Waals surface area contributed by atoms with Crippen molar-refractivity contribution in [3.05, 3.63) is 59.2 Å². The number of ether oxygens (including phenoxy) is 1. The van der Waals surface area contributed by atoms with E-state index in [0.717, 1.165) is 5.56 Å². The summed E-state index contributed by atoms with van der Waals surface area (Å²) in [6.45, 7) is 2.55. The first kappa shape index (κ1) is 19.4. The molecule has 2 aromatic carbocycles. The number of sulfonamides is 1. The largest absolute Gasteiger partial charge is 0.483 e. The average molecular weight is 388 g/mol. The van der Waals surface area contributed by atoms with Gasteiger partial charge in [0.05, 0.1) is 4.90 Å². The van der Waals surface area contributed by atoms with Crippen molar-refractivity contribution in [2.24, 2.45) is 0 Å². The summed E-state index contributed by atoms with van der Waals surface area (Å²) in [5, 5.41) is 0. The van der Waals surface area contributed by atoms with Crippen molar-refractivity contribution in [3.8, 4) is 5.75 Å². The SMILES string of the molecule is Cc1cc(S(=O)(=O)N2CCc3ccccc3C2)ccc1OCC(=O)N(C)C. The minimum absolute atomic E-state index is 0.0805. The highest BCUT2D eigenvalue weighted by molar-refractivity contribution is 7.89.